The van der Waals surface area contributed by atoms with Crippen molar-refractivity contribution in [2.45, 2.75) is 19.9 Å². The van der Waals surface area contributed by atoms with Crippen LogP contribution in [-0.2, 0) is 4.79 Å². The van der Waals surface area contributed by atoms with Crippen LogP contribution in [0.1, 0.15) is 25.7 Å². The monoisotopic (exact) mass is 255 g/mol. The van der Waals surface area contributed by atoms with Crippen LogP contribution in [0.3, 0.4) is 0 Å². The molecule has 0 spiro atoms. The van der Waals surface area contributed by atoms with Gasteiger partial charge in [-0.1, -0.05) is 24.3 Å². The van der Waals surface area contributed by atoms with E-state index in [2.05, 4.69) is 20.6 Å². The molecule has 0 saturated carbocycles. The van der Waals surface area contributed by atoms with E-state index in [9.17, 15) is 4.79 Å². The first-order chi connectivity index (χ1) is 9.16. The Kier molecular flexibility index (Phi) is 2.63. The number of amides is 1. The summed E-state index contributed by atoms with van der Waals surface area (Å²) >= 11 is 0. The Balaban J connectivity index is 2.18. The molecule has 0 aliphatic rings. The second kappa shape index (κ2) is 4.31. The fourth-order valence-electron chi connectivity index (χ4n) is 2.15. The molecule has 2 aromatic heterocycles. The van der Waals surface area contributed by atoms with Crippen LogP contribution in [0.2, 0.25) is 0 Å². The predicted molar refractivity (Wildman–Crippen MR) is 70.5 cm³/mol. The van der Waals surface area contributed by atoms with Crippen molar-refractivity contribution in [3.63, 3.8) is 0 Å². The average molecular weight is 255 g/mol. The predicted octanol–water partition coefficient (Wildman–Crippen LogP) is 1.47. The van der Waals surface area contributed by atoms with Crippen LogP contribution in [0.25, 0.3) is 16.4 Å². The Labute approximate surface area is 109 Å². The lowest BCUT2D eigenvalue weighted by Gasteiger charge is -2.09. The third-order valence-corrected chi connectivity index (χ3v) is 2.99. The molecule has 0 aliphatic carbocycles. The molecule has 19 heavy (non-hydrogen) atoms. The van der Waals surface area contributed by atoms with Crippen molar-refractivity contribution in [2.24, 2.45) is 0 Å². The second-order valence-corrected chi connectivity index (χ2v) is 4.45. The van der Waals surface area contributed by atoms with Crippen molar-refractivity contribution >= 4 is 22.3 Å². The summed E-state index contributed by atoms with van der Waals surface area (Å²) in [5.74, 6) is 0.515. The minimum absolute atomic E-state index is 0.106. The van der Waals surface area contributed by atoms with Gasteiger partial charge in [0.15, 0.2) is 11.5 Å². The fourth-order valence-corrected chi connectivity index (χ4v) is 2.15. The first-order valence-electron chi connectivity index (χ1n) is 6.03. The highest BCUT2D eigenvalue weighted by atomic mass is 16.1. The number of nitrogens with one attached hydrogen (secondary N) is 1. The number of aromatic nitrogens is 4. The van der Waals surface area contributed by atoms with Gasteiger partial charge in [0.2, 0.25) is 5.91 Å². The van der Waals surface area contributed by atoms with E-state index in [1.54, 1.807) is 10.7 Å². The highest BCUT2D eigenvalue weighted by Crippen LogP contribution is 2.19. The zero-order valence-corrected chi connectivity index (χ0v) is 10.7. The molecular weight excluding hydrogens is 242 g/mol. The number of hydrogen-bond donors (Lipinski definition) is 1. The maximum absolute atomic E-state index is 11.1. The van der Waals surface area contributed by atoms with E-state index in [1.807, 2.05) is 31.2 Å². The Morgan fingerprint density at radius 3 is 2.89 bits per heavy atom. The van der Waals surface area contributed by atoms with E-state index in [4.69, 9.17) is 0 Å². The van der Waals surface area contributed by atoms with Gasteiger partial charge in [0.1, 0.15) is 0 Å². The molecule has 0 radical (unpaired) electrons. The van der Waals surface area contributed by atoms with Gasteiger partial charge >= 0.3 is 0 Å². The van der Waals surface area contributed by atoms with Crippen molar-refractivity contribution in [1.29, 1.82) is 0 Å². The van der Waals surface area contributed by atoms with Crippen LogP contribution < -0.4 is 5.32 Å². The van der Waals surface area contributed by atoms with Gasteiger partial charge in [-0.05, 0) is 6.92 Å². The van der Waals surface area contributed by atoms with Gasteiger partial charge in [-0.2, -0.15) is 9.61 Å². The normalized spacial score (nSPS) is 12.7. The largest absolute Gasteiger partial charge is 0.347 e. The van der Waals surface area contributed by atoms with Crippen molar-refractivity contribution in [3.05, 3.63) is 36.3 Å². The fraction of sp³-hybridized carbons (Fsp3) is 0.231. The maximum Gasteiger partial charge on any atom is 0.217 e. The molecule has 0 aliphatic heterocycles. The number of fused-ring (bicyclic) bond motifs is 3. The topological polar surface area (TPSA) is 72.2 Å². The van der Waals surface area contributed by atoms with Gasteiger partial charge in [0.05, 0.1) is 12.2 Å². The van der Waals surface area contributed by atoms with Crippen LogP contribution in [-0.4, -0.2) is 25.7 Å². The smallest absolute Gasteiger partial charge is 0.217 e. The third kappa shape index (κ3) is 1.91. The van der Waals surface area contributed by atoms with Crippen LogP contribution in [0, 0.1) is 0 Å². The van der Waals surface area contributed by atoms with Gasteiger partial charge < -0.3 is 5.32 Å². The summed E-state index contributed by atoms with van der Waals surface area (Å²) in [5, 5.41) is 17.4. The number of rotatable bonds is 2. The molecule has 1 amide bonds. The van der Waals surface area contributed by atoms with Crippen molar-refractivity contribution in [3.8, 4) is 0 Å². The zero-order chi connectivity index (χ0) is 13.4. The van der Waals surface area contributed by atoms with E-state index in [1.165, 1.54) is 6.92 Å². The maximum atomic E-state index is 11.1. The molecule has 3 rings (SSSR count). The molecule has 6 heteroatoms. The summed E-state index contributed by atoms with van der Waals surface area (Å²) in [6.07, 6.45) is 1.77. The van der Waals surface area contributed by atoms with E-state index in [0.29, 0.717) is 11.5 Å². The lowest BCUT2D eigenvalue weighted by Crippen LogP contribution is -2.25. The number of carbonyl (C=O) groups is 1. The molecule has 3 aromatic rings. The summed E-state index contributed by atoms with van der Waals surface area (Å²) in [4.78, 5) is 11.1. The molecule has 0 bridgehead atoms. The first-order valence-corrected chi connectivity index (χ1v) is 6.03. The van der Waals surface area contributed by atoms with E-state index in [0.717, 1.165) is 10.8 Å². The Morgan fingerprint density at radius 1 is 1.32 bits per heavy atom. The molecule has 1 N–H and O–H groups in total. The van der Waals surface area contributed by atoms with Crippen LogP contribution >= 0.6 is 0 Å². The summed E-state index contributed by atoms with van der Waals surface area (Å²) in [7, 11) is 0. The Hall–Kier alpha value is -2.50. The van der Waals surface area contributed by atoms with E-state index < -0.39 is 0 Å². The minimum atomic E-state index is -0.235. The SMILES string of the molecule is CC(=O)NC(C)c1nnc2c3ccccc3cnn12. The zero-order valence-electron chi connectivity index (χ0n) is 10.7. The van der Waals surface area contributed by atoms with Gasteiger partial charge in [-0.25, -0.2) is 0 Å². The standard InChI is InChI=1S/C13H13N5O/c1-8(15-9(2)19)12-16-17-13-11-6-4-3-5-10(11)7-14-18(12)13/h3-8H,1-2H3,(H,15,19). The van der Waals surface area contributed by atoms with E-state index >= 15 is 0 Å². The highest BCUT2D eigenvalue weighted by Gasteiger charge is 2.16. The molecule has 96 valence electrons. The summed E-state index contributed by atoms with van der Waals surface area (Å²) in [6.45, 7) is 3.33. The highest BCUT2D eigenvalue weighted by molar-refractivity contribution is 5.92. The Morgan fingerprint density at radius 2 is 2.11 bits per heavy atom. The summed E-state index contributed by atoms with van der Waals surface area (Å²) in [5.41, 5.74) is 0.699. The van der Waals surface area contributed by atoms with Gasteiger partial charge in [0, 0.05) is 17.7 Å². The second-order valence-electron chi connectivity index (χ2n) is 4.45. The average Bonchev–Trinajstić information content (AvgIpc) is 2.82. The Bertz CT molecular complexity index is 764. The van der Waals surface area contributed by atoms with E-state index in [-0.39, 0.29) is 11.9 Å². The number of carbonyl (C=O) groups excluding carboxylic acids is 1. The van der Waals surface area contributed by atoms with Crippen molar-refractivity contribution in [1.82, 2.24) is 25.1 Å². The lowest BCUT2D eigenvalue weighted by molar-refractivity contribution is -0.119. The molecule has 2 heterocycles. The van der Waals surface area contributed by atoms with Crippen LogP contribution in [0.15, 0.2) is 30.5 Å². The lowest BCUT2D eigenvalue weighted by atomic mass is 10.2. The molecule has 1 atom stereocenters. The minimum Gasteiger partial charge on any atom is -0.347 e. The first kappa shape index (κ1) is 11.6. The molecule has 0 saturated heterocycles. The molecule has 1 unspecified atom stereocenters. The third-order valence-electron chi connectivity index (χ3n) is 2.99. The van der Waals surface area contributed by atoms with Gasteiger partial charge in [0.25, 0.3) is 0 Å². The quantitative estimate of drug-likeness (QED) is 0.752. The number of hydrogen-bond acceptors (Lipinski definition) is 4. The molecule has 1 aromatic carbocycles. The van der Waals surface area contributed by atoms with Gasteiger partial charge in [-0.3, -0.25) is 4.79 Å². The van der Waals surface area contributed by atoms with Crippen molar-refractivity contribution < 1.29 is 4.79 Å². The van der Waals surface area contributed by atoms with Crippen LogP contribution in [0.5, 0.6) is 0 Å². The molecule has 6 nitrogen and oxygen atoms in total. The van der Waals surface area contributed by atoms with Gasteiger partial charge in [-0.15, -0.1) is 10.2 Å². The summed E-state index contributed by atoms with van der Waals surface area (Å²) in [6, 6.07) is 7.63. The molecule has 0 fully saturated rings. The molecular formula is C13H13N5O. The summed E-state index contributed by atoms with van der Waals surface area (Å²) < 4.78 is 1.67. The van der Waals surface area contributed by atoms with Crippen molar-refractivity contribution in [2.75, 3.05) is 0 Å². The number of benzene rings is 1. The number of nitrogens with zero attached hydrogens (tertiary/aromatic N) is 4. The van der Waals surface area contributed by atoms with Crippen LogP contribution in [0.4, 0.5) is 0 Å².